The summed E-state index contributed by atoms with van der Waals surface area (Å²) in [5, 5.41) is 0.597. The van der Waals surface area contributed by atoms with Crippen molar-refractivity contribution in [1.29, 1.82) is 0 Å². The maximum absolute atomic E-state index is 12.9. The summed E-state index contributed by atoms with van der Waals surface area (Å²) < 4.78 is 10.4. The standard InChI is InChI=1S/C26H21NO5/c28-24(18-31-25(29)22-15-21-13-7-8-14-23(21)32-26(22)30)27(16-19-9-3-1-4-10-19)17-20-11-5-2-6-12-20/h1-15H,16-18H2. The average molecular weight is 427 g/mol. The number of hydrogen-bond donors (Lipinski definition) is 0. The Labute approximate surface area is 184 Å². The average Bonchev–Trinajstić information content (AvgIpc) is 2.83. The molecule has 0 bridgehead atoms. The summed E-state index contributed by atoms with van der Waals surface area (Å²) in [6.07, 6.45) is 0. The van der Waals surface area contributed by atoms with Crippen LogP contribution in [0.4, 0.5) is 0 Å². The molecule has 3 aromatic carbocycles. The van der Waals surface area contributed by atoms with Gasteiger partial charge in [-0.1, -0.05) is 78.9 Å². The van der Waals surface area contributed by atoms with Crippen molar-refractivity contribution in [2.24, 2.45) is 0 Å². The topological polar surface area (TPSA) is 76.8 Å². The van der Waals surface area contributed by atoms with Gasteiger partial charge in [-0.25, -0.2) is 9.59 Å². The smallest absolute Gasteiger partial charge is 0.351 e. The first kappa shape index (κ1) is 21.1. The molecule has 6 heteroatoms. The Morgan fingerprint density at radius 2 is 1.34 bits per heavy atom. The Hall–Kier alpha value is -4.19. The molecule has 0 N–H and O–H groups in total. The number of benzene rings is 3. The van der Waals surface area contributed by atoms with Crippen LogP contribution in [0.1, 0.15) is 21.5 Å². The molecule has 0 aliphatic heterocycles. The van der Waals surface area contributed by atoms with Gasteiger partial charge in [0.2, 0.25) is 0 Å². The third-order valence-electron chi connectivity index (χ3n) is 4.97. The van der Waals surface area contributed by atoms with Crippen LogP contribution in [-0.2, 0) is 22.6 Å². The summed E-state index contributed by atoms with van der Waals surface area (Å²) in [6, 6.07) is 27.4. The zero-order valence-electron chi connectivity index (χ0n) is 17.3. The van der Waals surface area contributed by atoms with Crippen LogP contribution in [0.3, 0.4) is 0 Å². The summed E-state index contributed by atoms with van der Waals surface area (Å²) in [5.41, 5.74) is 1.25. The number of carbonyl (C=O) groups is 2. The molecule has 0 saturated carbocycles. The van der Waals surface area contributed by atoms with Gasteiger partial charge in [0.25, 0.3) is 5.91 Å². The van der Waals surface area contributed by atoms with Gasteiger partial charge in [0.1, 0.15) is 11.1 Å². The van der Waals surface area contributed by atoms with Crippen molar-refractivity contribution in [3.63, 3.8) is 0 Å². The van der Waals surface area contributed by atoms with Crippen molar-refractivity contribution in [1.82, 2.24) is 4.90 Å². The Morgan fingerprint density at radius 3 is 1.97 bits per heavy atom. The highest BCUT2D eigenvalue weighted by Gasteiger charge is 2.20. The van der Waals surface area contributed by atoms with Gasteiger partial charge >= 0.3 is 11.6 Å². The molecule has 32 heavy (non-hydrogen) atoms. The lowest BCUT2D eigenvalue weighted by Gasteiger charge is -2.23. The molecule has 0 unspecified atom stereocenters. The van der Waals surface area contributed by atoms with Crippen LogP contribution in [0.2, 0.25) is 0 Å². The molecule has 0 spiro atoms. The van der Waals surface area contributed by atoms with Gasteiger partial charge in [0, 0.05) is 18.5 Å². The Bertz CT molecular complexity index is 1240. The number of ether oxygens (including phenoxy) is 1. The van der Waals surface area contributed by atoms with E-state index in [2.05, 4.69) is 0 Å². The third-order valence-corrected chi connectivity index (χ3v) is 4.97. The van der Waals surface area contributed by atoms with Crippen molar-refractivity contribution in [2.75, 3.05) is 6.61 Å². The summed E-state index contributed by atoms with van der Waals surface area (Å²) >= 11 is 0. The van der Waals surface area contributed by atoms with E-state index in [9.17, 15) is 14.4 Å². The fraction of sp³-hybridized carbons (Fsp3) is 0.115. The lowest BCUT2D eigenvalue weighted by atomic mass is 10.1. The fourth-order valence-electron chi connectivity index (χ4n) is 3.34. The van der Waals surface area contributed by atoms with Crippen molar-refractivity contribution in [2.45, 2.75) is 13.1 Å². The Morgan fingerprint density at radius 1 is 0.781 bits per heavy atom. The molecule has 0 radical (unpaired) electrons. The molecule has 6 nitrogen and oxygen atoms in total. The Balaban J connectivity index is 1.48. The minimum absolute atomic E-state index is 0.242. The highest BCUT2D eigenvalue weighted by Crippen LogP contribution is 2.14. The minimum atomic E-state index is -0.891. The molecular weight excluding hydrogens is 406 g/mol. The second kappa shape index (κ2) is 9.75. The lowest BCUT2D eigenvalue weighted by molar-refractivity contribution is -0.135. The van der Waals surface area contributed by atoms with E-state index in [0.717, 1.165) is 11.1 Å². The van der Waals surface area contributed by atoms with Crippen molar-refractivity contribution in [3.8, 4) is 0 Å². The molecule has 0 saturated heterocycles. The largest absolute Gasteiger partial charge is 0.452 e. The monoisotopic (exact) mass is 427 g/mol. The highest BCUT2D eigenvalue weighted by molar-refractivity contribution is 5.94. The Kier molecular flexibility index (Phi) is 6.41. The first-order chi connectivity index (χ1) is 15.6. The maximum Gasteiger partial charge on any atom is 0.351 e. The zero-order valence-corrected chi connectivity index (χ0v) is 17.3. The molecule has 0 atom stereocenters. The van der Waals surface area contributed by atoms with Crippen LogP contribution in [0.15, 0.2) is 100 Å². The maximum atomic E-state index is 12.9. The van der Waals surface area contributed by atoms with Gasteiger partial charge in [-0.2, -0.15) is 0 Å². The fourth-order valence-corrected chi connectivity index (χ4v) is 3.34. The summed E-state index contributed by atoms with van der Waals surface area (Å²) in [7, 11) is 0. The lowest BCUT2D eigenvalue weighted by Crippen LogP contribution is -2.34. The highest BCUT2D eigenvalue weighted by atomic mass is 16.5. The van der Waals surface area contributed by atoms with Crippen molar-refractivity contribution < 1.29 is 18.7 Å². The molecule has 1 aromatic heterocycles. The predicted molar refractivity (Wildman–Crippen MR) is 120 cm³/mol. The van der Waals surface area contributed by atoms with Gasteiger partial charge in [-0.05, 0) is 23.3 Å². The van der Waals surface area contributed by atoms with E-state index in [4.69, 9.17) is 9.15 Å². The number of fused-ring (bicyclic) bond motifs is 1. The van der Waals surface area contributed by atoms with E-state index >= 15 is 0 Å². The predicted octanol–water partition coefficient (Wildman–Crippen LogP) is 4.18. The van der Waals surface area contributed by atoms with Crippen LogP contribution in [0.5, 0.6) is 0 Å². The molecule has 0 fully saturated rings. The summed E-state index contributed by atoms with van der Waals surface area (Å²) in [6.45, 7) is 0.249. The first-order valence-corrected chi connectivity index (χ1v) is 10.2. The SMILES string of the molecule is O=C(OCC(=O)N(Cc1ccccc1)Cc1ccccc1)c1cc2ccccc2oc1=O. The second-order valence-electron chi connectivity index (χ2n) is 7.28. The van der Waals surface area contributed by atoms with Gasteiger partial charge in [0.15, 0.2) is 6.61 Å². The third kappa shape index (κ3) is 5.10. The molecule has 160 valence electrons. The molecule has 1 amide bonds. The van der Waals surface area contributed by atoms with E-state index in [1.807, 2.05) is 60.7 Å². The number of hydrogen-bond acceptors (Lipinski definition) is 5. The van der Waals surface area contributed by atoms with Gasteiger partial charge in [0.05, 0.1) is 0 Å². The quantitative estimate of drug-likeness (QED) is 0.327. The first-order valence-electron chi connectivity index (χ1n) is 10.2. The van der Waals surface area contributed by atoms with E-state index < -0.39 is 18.2 Å². The summed E-state index contributed by atoms with van der Waals surface area (Å²) in [5.74, 6) is -1.26. The number of carbonyl (C=O) groups excluding carboxylic acids is 2. The van der Waals surface area contributed by atoms with Crippen LogP contribution in [0.25, 0.3) is 11.0 Å². The van der Waals surface area contributed by atoms with Crippen LogP contribution < -0.4 is 5.63 Å². The minimum Gasteiger partial charge on any atom is -0.452 e. The molecule has 4 aromatic rings. The second-order valence-corrected chi connectivity index (χ2v) is 7.28. The van der Waals surface area contributed by atoms with Crippen LogP contribution in [-0.4, -0.2) is 23.4 Å². The summed E-state index contributed by atoms with van der Waals surface area (Å²) in [4.78, 5) is 39.2. The van der Waals surface area contributed by atoms with E-state index in [0.29, 0.717) is 24.1 Å². The van der Waals surface area contributed by atoms with E-state index in [-0.39, 0.29) is 11.5 Å². The molecule has 0 aliphatic rings. The van der Waals surface area contributed by atoms with Gasteiger partial charge in [-0.15, -0.1) is 0 Å². The number of para-hydroxylation sites is 1. The van der Waals surface area contributed by atoms with Gasteiger partial charge in [-0.3, -0.25) is 4.79 Å². The number of esters is 1. The van der Waals surface area contributed by atoms with Crippen molar-refractivity contribution >= 4 is 22.8 Å². The number of nitrogens with zero attached hydrogens (tertiary/aromatic N) is 1. The van der Waals surface area contributed by atoms with E-state index in [1.54, 1.807) is 29.2 Å². The normalized spacial score (nSPS) is 10.6. The molecular formula is C26H21NO5. The van der Waals surface area contributed by atoms with Crippen LogP contribution in [0, 0.1) is 0 Å². The van der Waals surface area contributed by atoms with Gasteiger partial charge < -0.3 is 14.1 Å². The number of rotatable bonds is 7. The van der Waals surface area contributed by atoms with Crippen molar-refractivity contribution in [3.05, 3.63) is 118 Å². The number of amides is 1. The van der Waals surface area contributed by atoms with E-state index in [1.165, 1.54) is 6.07 Å². The molecule has 1 heterocycles. The van der Waals surface area contributed by atoms with Crippen LogP contribution >= 0.6 is 0 Å². The zero-order chi connectivity index (χ0) is 22.3. The molecule has 0 aliphatic carbocycles. The molecule has 4 rings (SSSR count).